The lowest BCUT2D eigenvalue weighted by atomic mass is 10.1. The van der Waals surface area contributed by atoms with Crippen LogP contribution >= 0.6 is 15.9 Å². The van der Waals surface area contributed by atoms with Crippen molar-refractivity contribution in [1.82, 2.24) is 9.97 Å². The van der Waals surface area contributed by atoms with Crippen LogP contribution in [-0.2, 0) is 0 Å². The van der Waals surface area contributed by atoms with E-state index in [1.807, 2.05) is 6.07 Å². The summed E-state index contributed by atoms with van der Waals surface area (Å²) < 4.78 is 5.70. The molecular formula is C15H11BrN2O3. The molecule has 106 valence electrons. The van der Waals surface area contributed by atoms with Crippen LogP contribution in [0.1, 0.15) is 0 Å². The molecular weight excluding hydrogens is 336 g/mol. The second kappa shape index (κ2) is 5.21. The number of benzene rings is 2. The lowest BCUT2D eigenvalue weighted by Gasteiger charge is -2.09. The highest BCUT2D eigenvalue weighted by atomic mass is 79.9. The van der Waals surface area contributed by atoms with Gasteiger partial charge in [0.05, 0.1) is 18.0 Å². The van der Waals surface area contributed by atoms with Crippen molar-refractivity contribution in [3.05, 3.63) is 51.2 Å². The van der Waals surface area contributed by atoms with Gasteiger partial charge in [-0.25, -0.2) is 4.98 Å². The molecule has 0 aliphatic rings. The quantitative estimate of drug-likeness (QED) is 0.747. The molecule has 1 aromatic heterocycles. The molecule has 0 spiro atoms. The minimum absolute atomic E-state index is 0.0218. The van der Waals surface area contributed by atoms with Crippen molar-refractivity contribution < 1.29 is 9.84 Å². The summed E-state index contributed by atoms with van der Waals surface area (Å²) in [7, 11) is 1.47. The Morgan fingerprint density at radius 3 is 2.81 bits per heavy atom. The highest BCUT2D eigenvalue weighted by molar-refractivity contribution is 9.10. The molecule has 1 heterocycles. The summed E-state index contributed by atoms with van der Waals surface area (Å²) in [6, 6.07) is 10.2. The number of ether oxygens (including phenoxy) is 1. The Kier molecular flexibility index (Phi) is 3.39. The van der Waals surface area contributed by atoms with E-state index in [-0.39, 0.29) is 11.3 Å². The Morgan fingerprint density at radius 1 is 1.29 bits per heavy atom. The number of rotatable bonds is 2. The van der Waals surface area contributed by atoms with Crippen LogP contribution in [0.4, 0.5) is 0 Å². The SMILES string of the molecule is COc1cc(Br)c(-c2nc3ccccc3c(=O)[nH]2)cc1O. The van der Waals surface area contributed by atoms with Gasteiger partial charge in [0.2, 0.25) is 0 Å². The first-order valence-electron chi connectivity index (χ1n) is 6.16. The fourth-order valence-electron chi connectivity index (χ4n) is 2.10. The summed E-state index contributed by atoms with van der Waals surface area (Å²) in [5, 5.41) is 10.4. The second-order valence-corrected chi connectivity index (χ2v) is 5.29. The van der Waals surface area contributed by atoms with Crippen molar-refractivity contribution in [2.75, 3.05) is 7.11 Å². The molecule has 0 atom stereocenters. The number of hydrogen-bond donors (Lipinski definition) is 2. The number of H-pyrrole nitrogens is 1. The monoisotopic (exact) mass is 346 g/mol. The third-order valence-electron chi connectivity index (χ3n) is 3.14. The number of nitrogens with one attached hydrogen (secondary N) is 1. The second-order valence-electron chi connectivity index (χ2n) is 4.44. The topological polar surface area (TPSA) is 75.2 Å². The Morgan fingerprint density at radius 2 is 2.05 bits per heavy atom. The van der Waals surface area contributed by atoms with Crippen LogP contribution in [0.25, 0.3) is 22.3 Å². The minimum atomic E-state index is -0.224. The zero-order valence-electron chi connectivity index (χ0n) is 11.1. The molecule has 0 aliphatic heterocycles. The van der Waals surface area contributed by atoms with Crippen LogP contribution in [0, 0.1) is 0 Å². The highest BCUT2D eigenvalue weighted by Crippen LogP contribution is 2.36. The van der Waals surface area contributed by atoms with Gasteiger partial charge in [-0.05, 0) is 40.2 Å². The summed E-state index contributed by atoms with van der Waals surface area (Å²) in [4.78, 5) is 19.2. The van der Waals surface area contributed by atoms with E-state index < -0.39 is 0 Å². The Balaban J connectivity index is 2.26. The Bertz CT molecular complexity index is 890. The Hall–Kier alpha value is -2.34. The van der Waals surface area contributed by atoms with Gasteiger partial charge in [-0.2, -0.15) is 0 Å². The van der Waals surface area contributed by atoms with Crippen molar-refractivity contribution in [2.45, 2.75) is 0 Å². The number of aromatic nitrogens is 2. The van der Waals surface area contributed by atoms with Crippen molar-refractivity contribution >= 4 is 26.8 Å². The van der Waals surface area contributed by atoms with Crippen molar-refractivity contribution in [3.8, 4) is 22.9 Å². The van der Waals surface area contributed by atoms with E-state index in [2.05, 4.69) is 25.9 Å². The lowest BCUT2D eigenvalue weighted by molar-refractivity contribution is 0.373. The van der Waals surface area contributed by atoms with Gasteiger partial charge in [0.25, 0.3) is 5.56 Å². The number of phenolic OH excluding ortho intramolecular Hbond substituents is 1. The average Bonchev–Trinajstić information content (AvgIpc) is 2.49. The van der Waals surface area contributed by atoms with Crippen molar-refractivity contribution in [3.63, 3.8) is 0 Å². The molecule has 0 fully saturated rings. The highest BCUT2D eigenvalue weighted by Gasteiger charge is 2.13. The Labute approximate surface area is 128 Å². The maximum absolute atomic E-state index is 12.1. The first kappa shape index (κ1) is 13.6. The van der Waals surface area contributed by atoms with Crippen LogP contribution < -0.4 is 10.3 Å². The van der Waals surface area contributed by atoms with Crippen LogP contribution in [0.3, 0.4) is 0 Å². The van der Waals surface area contributed by atoms with Gasteiger partial charge in [0.1, 0.15) is 5.82 Å². The van der Waals surface area contributed by atoms with Crippen molar-refractivity contribution in [1.29, 1.82) is 0 Å². The van der Waals surface area contributed by atoms with E-state index in [0.717, 1.165) is 0 Å². The van der Waals surface area contributed by atoms with Gasteiger partial charge >= 0.3 is 0 Å². The molecule has 2 aromatic carbocycles. The molecule has 0 bridgehead atoms. The summed E-state index contributed by atoms with van der Waals surface area (Å²) in [6.45, 7) is 0. The minimum Gasteiger partial charge on any atom is -0.504 e. The molecule has 3 aromatic rings. The predicted octanol–water partition coefficient (Wildman–Crippen LogP) is 3.07. The summed E-state index contributed by atoms with van der Waals surface area (Å²) in [5.74, 6) is 0.698. The molecule has 0 aliphatic carbocycles. The van der Waals surface area contributed by atoms with Gasteiger partial charge in [-0.1, -0.05) is 12.1 Å². The fraction of sp³-hybridized carbons (Fsp3) is 0.0667. The van der Waals surface area contributed by atoms with Gasteiger partial charge in [0.15, 0.2) is 11.5 Å². The van der Waals surface area contributed by atoms with E-state index >= 15 is 0 Å². The largest absolute Gasteiger partial charge is 0.504 e. The number of phenols is 1. The molecule has 0 unspecified atom stereocenters. The molecule has 6 heteroatoms. The van der Waals surface area contributed by atoms with Crippen molar-refractivity contribution in [2.24, 2.45) is 0 Å². The van der Waals surface area contributed by atoms with E-state index in [0.29, 0.717) is 32.5 Å². The van der Waals surface area contributed by atoms with Gasteiger partial charge in [0, 0.05) is 10.0 Å². The smallest absolute Gasteiger partial charge is 0.259 e. The number of methoxy groups -OCH3 is 1. The maximum atomic E-state index is 12.1. The van der Waals surface area contributed by atoms with Gasteiger partial charge in [-0.15, -0.1) is 0 Å². The maximum Gasteiger partial charge on any atom is 0.259 e. The molecule has 2 N–H and O–H groups in total. The van der Waals surface area contributed by atoms with Crippen LogP contribution in [0.15, 0.2) is 45.7 Å². The lowest BCUT2D eigenvalue weighted by Crippen LogP contribution is -2.09. The number of aromatic amines is 1. The molecule has 0 saturated carbocycles. The van der Waals surface area contributed by atoms with Gasteiger partial charge < -0.3 is 14.8 Å². The number of aromatic hydroxyl groups is 1. The molecule has 5 nitrogen and oxygen atoms in total. The normalized spacial score (nSPS) is 10.8. The summed E-state index contributed by atoms with van der Waals surface area (Å²) in [6.07, 6.45) is 0. The molecule has 21 heavy (non-hydrogen) atoms. The van der Waals surface area contributed by atoms with E-state index in [9.17, 15) is 9.90 Å². The van der Waals surface area contributed by atoms with Crippen LogP contribution in [0.2, 0.25) is 0 Å². The van der Waals surface area contributed by atoms with Gasteiger partial charge in [-0.3, -0.25) is 4.79 Å². The summed E-state index contributed by atoms with van der Waals surface area (Å²) in [5.41, 5.74) is 0.951. The van der Waals surface area contributed by atoms with E-state index in [1.54, 1.807) is 24.3 Å². The third-order valence-corrected chi connectivity index (χ3v) is 3.79. The number of nitrogens with zero attached hydrogens (tertiary/aromatic N) is 1. The summed E-state index contributed by atoms with van der Waals surface area (Å²) >= 11 is 3.39. The molecule has 0 saturated heterocycles. The fourth-order valence-corrected chi connectivity index (χ4v) is 2.61. The van der Waals surface area contributed by atoms with E-state index in [1.165, 1.54) is 13.2 Å². The van der Waals surface area contributed by atoms with Crippen LogP contribution in [0.5, 0.6) is 11.5 Å². The standard InChI is InChI=1S/C15H11BrN2O3/c1-21-13-7-10(16)9(6-12(13)19)14-17-11-5-3-2-4-8(11)15(20)18-14/h2-7,19H,1H3,(H,17,18,20). The first-order valence-corrected chi connectivity index (χ1v) is 6.95. The average molecular weight is 347 g/mol. The zero-order chi connectivity index (χ0) is 15.0. The number of para-hydroxylation sites is 1. The molecule has 3 rings (SSSR count). The van der Waals surface area contributed by atoms with E-state index in [4.69, 9.17) is 4.74 Å². The zero-order valence-corrected chi connectivity index (χ0v) is 12.6. The molecule has 0 amide bonds. The third kappa shape index (κ3) is 2.38. The number of halogens is 1. The number of fused-ring (bicyclic) bond motifs is 1. The number of hydrogen-bond acceptors (Lipinski definition) is 4. The first-order chi connectivity index (χ1) is 10.1. The molecule has 0 radical (unpaired) electrons. The van der Waals surface area contributed by atoms with Crippen LogP contribution in [-0.4, -0.2) is 22.2 Å². The predicted molar refractivity (Wildman–Crippen MR) is 83.7 cm³/mol.